The molecule has 3 N–H and O–H groups in total. The Labute approximate surface area is 147 Å². The molecule has 0 amide bonds. The molecular weight excluding hydrogens is 344 g/mol. The SMILES string of the molecule is CC[C@H]1[C@@H](N)CN1c1c(F)cc2c(=O)c(C(=O)O)cn(C3CC3)c2c1F. The Balaban J connectivity index is 2.01. The van der Waals surface area contributed by atoms with Crippen LogP contribution in [0.15, 0.2) is 17.1 Å². The molecule has 0 spiro atoms. The minimum atomic E-state index is -1.41. The van der Waals surface area contributed by atoms with Gasteiger partial charge in [-0.1, -0.05) is 6.92 Å². The molecule has 2 aromatic rings. The second-order valence-electron chi connectivity index (χ2n) is 7.02. The Bertz CT molecular complexity index is 984. The summed E-state index contributed by atoms with van der Waals surface area (Å²) in [6.07, 6.45) is 3.34. The molecular formula is C18H19F2N3O3. The number of benzene rings is 1. The summed E-state index contributed by atoms with van der Waals surface area (Å²) in [7, 11) is 0. The molecule has 0 bridgehead atoms. The van der Waals surface area contributed by atoms with Crippen LogP contribution in [-0.2, 0) is 0 Å². The fraction of sp³-hybridized carbons (Fsp3) is 0.444. The van der Waals surface area contributed by atoms with E-state index >= 15 is 4.39 Å². The first-order valence-electron chi connectivity index (χ1n) is 8.67. The summed E-state index contributed by atoms with van der Waals surface area (Å²) in [6, 6.07) is 0.549. The van der Waals surface area contributed by atoms with Gasteiger partial charge in [-0.15, -0.1) is 0 Å². The lowest BCUT2D eigenvalue weighted by Gasteiger charge is -2.48. The Kier molecular flexibility index (Phi) is 3.76. The number of rotatable bonds is 4. The van der Waals surface area contributed by atoms with Crippen molar-refractivity contribution in [3.8, 4) is 0 Å². The highest BCUT2D eigenvalue weighted by atomic mass is 19.1. The van der Waals surface area contributed by atoms with Gasteiger partial charge in [0.25, 0.3) is 0 Å². The van der Waals surface area contributed by atoms with Gasteiger partial charge in [0, 0.05) is 30.9 Å². The van der Waals surface area contributed by atoms with Crippen molar-refractivity contribution in [2.24, 2.45) is 5.73 Å². The molecule has 1 aliphatic carbocycles. The lowest BCUT2D eigenvalue weighted by atomic mass is 9.93. The molecule has 1 aromatic heterocycles. The summed E-state index contributed by atoms with van der Waals surface area (Å²) >= 11 is 0. The van der Waals surface area contributed by atoms with Gasteiger partial charge in [0.05, 0.1) is 10.9 Å². The Morgan fingerprint density at radius 3 is 2.62 bits per heavy atom. The second-order valence-corrected chi connectivity index (χ2v) is 7.02. The molecule has 2 atom stereocenters. The number of aromatic carboxylic acids is 1. The maximum Gasteiger partial charge on any atom is 0.341 e. The zero-order valence-corrected chi connectivity index (χ0v) is 14.2. The lowest BCUT2D eigenvalue weighted by Crippen LogP contribution is -2.64. The molecule has 2 fully saturated rings. The lowest BCUT2D eigenvalue weighted by molar-refractivity contribution is 0.0695. The molecule has 0 radical (unpaired) electrons. The number of carboxylic acid groups (broad SMARTS) is 1. The third kappa shape index (κ3) is 2.32. The van der Waals surface area contributed by atoms with Gasteiger partial charge in [-0.05, 0) is 25.3 Å². The van der Waals surface area contributed by atoms with Crippen molar-refractivity contribution in [1.29, 1.82) is 0 Å². The van der Waals surface area contributed by atoms with Gasteiger partial charge >= 0.3 is 5.97 Å². The number of halogens is 2. The van der Waals surface area contributed by atoms with Crippen LogP contribution in [0.5, 0.6) is 0 Å². The van der Waals surface area contributed by atoms with Crippen molar-refractivity contribution in [2.75, 3.05) is 11.4 Å². The fourth-order valence-electron chi connectivity index (χ4n) is 3.85. The maximum absolute atomic E-state index is 15.4. The van der Waals surface area contributed by atoms with Gasteiger partial charge in [0.2, 0.25) is 5.43 Å². The molecule has 6 nitrogen and oxygen atoms in total. The predicted molar refractivity (Wildman–Crippen MR) is 92.8 cm³/mol. The van der Waals surface area contributed by atoms with Crippen molar-refractivity contribution in [1.82, 2.24) is 4.57 Å². The smallest absolute Gasteiger partial charge is 0.341 e. The molecule has 1 saturated carbocycles. The van der Waals surface area contributed by atoms with Crippen molar-refractivity contribution in [2.45, 2.75) is 44.3 Å². The van der Waals surface area contributed by atoms with Crippen LogP contribution in [-0.4, -0.2) is 34.3 Å². The van der Waals surface area contributed by atoms with E-state index in [2.05, 4.69) is 0 Å². The van der Waals surface area contributed by atoms with Crippen molar-refractivity contribution < 1.29 is 18.7 Å². The number of anilines is 1. The molecule has 2 heterocycles. The van der Waals surface area contributed by atoms with Gasteiger partial charge in [-0.25, -0.2) is 13.6 Å². The third-order valence-electron chi connectivity index (χ3n) is 5.36. The van der Waals surface area contributed by atoms with Crippen LogP contribution in [0.1, 0.15) is 42.6 Å². The van der Waals surface area contributed by atoms with Gasteiger partial charge in [-0.3, -0.25) is 4.79 Å². The summed E-state index contributed by atoms with van der Waals surface area (Å²) < 4.78 is 31.6. The van der Waals surface area contributed by atoms with Gasteiger partial charge in [-0.2, -0.15) is 0 Å². The minimum Gasteiger partial charge on any atom is -0.477 e. The Hall–Kier alpha value is -2.48. The first kappa shape index (κ1) is 17.0. The van der Waals surface area contributed by atoms with Crippen molar-refractivity contribution in [3.63, 3.8) is 0 Å². The topological polar surface area (TPSA) is 88.6 Å². The van der Waals surface area contributed by atoms with E-state index in [0.29, 0.717) is 13.0 Å². The number of nitrogens with two attached hydrogens (primary N) is 1. The molecule has 1 saturated heterocycles. The minimum absolute atomic E-state index is 0.0331. The standard InChI is InChI=1S/C18H19F2N3O3/c1-2-13-12(21)7-23(13)16-11(19)5-9-15(14(16)20)22(8-3-4-8)6-10(17(9)24)18(25)26/h5-6,8,12-13H,2-4,7,21H2,1H3,(H,25,26)/t12-,13-/m0/s1. The summed E-state index contributed by atoms with van der Waals surface area (Å²) in [5.74, 6) is -3.11. The van der Waals surface area contributed by atoms with Crippen LogP contribution in [0.4, 0.5) is 14.5 Å². The van der Waals surface area contributed by atoms with Crippen molar-refractivity contribution >= 4 is 22.6 Å². The first-order valence-corrected chi connectivity index (χ1v) is 8.67. The molecule has 26 heavy (non-hydrogen) atoms. The number of carbonyl (C=O) groups is 1. The van der Waals surface area contributed by atoms with Crippen molar-refractivity contribution in [3.05, 3.63) is 39.7 Å². The number of nitrogens with zero attached hydrogens (tertiary/aromatic N) is 2. The van der Waals surface area contributed by atoms with Gasteiger partial charge in [0.15, 0.2) is 5.82 Å². The second kappa shape index (κ2) is 5.77. The summed E-state index contributed by atoms with van der Waals surface area (Å²) in [5, 5.41) is 9.01. The van der Waals surface area contributed by atoms with Crippen LogP contribution in [0.25, 0.3) is 10.9 Å². The number of pyridine rings is 1. The van der Waals surface area contributed by atoms with E-state index in [1.165, 1.54) is 10.8 Å². The number of hydrogen-bond donors (Lipinski definition) is 2. The average Bonchev–Trinajstić information content (AvgIpc) is 3.39. The maximum atomic E-state index is 15.4. The van der Waals surface area contributed by atoms with E-state index in [0.717, 1.165) is 18.9 Å². The van der Waals surface area contributed by atoms with E-state index in [1.54, 1.807) is 4.90 Å². The average molecular weight is 363 g/mol. The van der Waals surface area contributed by atoms with E-state index in [9.17, 15) is 19.1 Å². The quantitative estimate of drug-likeness (QED) is 0.870. The zero-order chi connectivity index (χ0) is 18.7. The highest BCUT2D eigenvalue weighted by molar-refractivity contribution is 5.94. The molecule has 8 heteroatoms. The Morgan fingerprint density at radius 2 is 2.08 bits per heavy atom. The third-order valence-corrected chi connectivity index (χ3v) is 5.36. The van der Waals surface area contributed by atoms with Crippen LogP contribution in [0.3, 0.4) is 0 Å². The number of carboxylic acids is 1. The van der Waals surface area contributed by atoms with Crippen LogP contribution in [0.2, 0.25) is 0 Å². The highest BCUT2D eigenvalue weighted by Crippen LogP contribution is 2.41. The monoisotopic (exact) mass is 363 g/mol. The molecule has 1 aromatic carbocycles. The summed E-state index contributed by atoms with van der Waals surface area (Å²) in [4.78, 5) is 25.4. The number of hydrogen-bond acceptors (Lipinski definition) is 4. The van der Waals surface area contributed by atoms with Gasteiger partial charge < -0.3 is 20.3 Å². The zero-order valence-electron chi connectivity index (χ0n) is 14.2. The van der Waals surface area contributed by atoms with E-state index in [-0.39, 0.29) is 34.7 Å². The molecule has 2 aliphatic rings. The molecule has 138 valence electrons. The van der Waals surface area contributed by atoms with Crippen LogP contribution in [0, 0.1) is 11.6 Å². The largest absolute Gasteiger partial charge is 0.477 e. The fourth-order valence-corrected chi connectivity index (χ4v) is 3.85. The number of fused-ring (bicyclic) bond motifs is 1. The van der Waals surface area contributed by atoms with Crippen LogP contribution >= 0.6 is 0 Å². The predicted octanol–water partition coefficient (Wildman–Crippen LogP) is 2.24. The van der Waals surface area contributed by atoms with E-state index in [1.807, 2.05) is 6.92 Å². The number of aromatic nitrogens is 1. The van der Waals surface area contributed by atoms with Crippen LogP contribution < -0.4 is 16.1 Å². The van der Waals surface area contributed by atoms with E-state index in [4.69, 9.17) is 5.73 Å². The van der Waals surface area contributed by atoms with Gasteiger partial charge in [0.1, 0.15) is 17.1 Å². The normalized spacial score (nSPS) is 22.5. The Morgan fingerprint density at radius 1 is 1.38 bits per heavy atom. The molecule has 1 aliphatic heterocycles. The molecule has 0 unspecified atom stereocenters. The highest BCUT2D eigenvalue weighted by Gasteiger charge is 2.39. The molecule has 4 rings (SSSR count). The van der Waals surface area contributed by atoms with E-state index < -0.39 is 28.6 Å². The summed E-state index contributed by atoms with van der Waals surface area (Å²) in [5.41, 5.74) is 4.35. The summed E-state index contributed by atoms with van der Waals surface area (Å²) in [6.45, 7) is 2.23. The first-order chi connectivity index (χ1) is 12.3.